The molecule has 5 fully saturated rings. The lowest BCUT2D eigenvalue weighted by atomic mass is 9.74. The van der Waals surface area contributed by atoms with Crippen LogP contribution in [0.4, 0.5) is 0 Å². The van der Waals surface area contributed by atoms with Crippen LogP contribution < -0.4 is 5.43 Å². The van der Waals surface area contributed by atoms with Crippen LogP contribution in [-0.4, -0.2) is 79.1 Å². The van der Waals surface area contributed by atoms with Gasteiger partial charge >= 0.3 is 0 Å². The molecule has 0 aromatic carbocycles. The Labute approximate surface area is 213 Å². The quantitative estimate of drug-likeness (QED) is 0.614. The summed E-state index contributed by atoms with van der Waals surface area (Å²) >= 11 is 0. The van der Waals surface area contributed by atoms with E-state index in [4.69, 9.17) is 0 Å². The van der Waals surface area contributed by atoms with E-state index in [1.54, 1.807) is 4.31 Å². The summed E-state index contributed by atoms with van der Waals surface area (Å²) < 4.78 is 28.0. The standard InChI is InChI=1S/C27H48N4O3S/c1-21-26(27(32)29-14-7-2-3-8-15-29)25-19-24(13-18-31(25)28-21)23-11-16-30(17-12-23)35(33,34)20-22-9-5-4-6-10-22/h21-26,28H,2-20H2,1H3. The van der Waals surface area contributed by atoms with Gasteiger partial charge in [-0.25, -0.2) is 17.7 Å². The van der Waals surface area contributed by atoms with Crippen molar-refractivity contribution in [3.8, 4) is 0 Å². The molecule has 0 spiro atoms. The third-order valence-corrected chi connectivity index (χ3v) is 12.0. The fourth-order valence-corrected chi connectivity index (χ4v) is 9.80. The summed E-state index contributed by atoms with van der Waals surface area (Å²) in [5.41, 5.74) is 3.63. The second-order valence-electron chi connectivity index (χ2n) is 12.2. The normalized spacial score (nSPS) is 35.1. The number of sulfonamides is 1. The van der Waals surface area contributed by atoms with Gasteiger partial charge < -0.3 is 4.90 Å². The second kappa shape index (κ2) is 11.4. The number of rotatable bonds is 5. The molecule has 200 valence electrons. The summed E-state index contributed by atoms with van der Waals surface area (Å²) in [5.74, 6) is 2.33. The van der Waals surface area contributed by atoms with Gasteiger partial charge in [0.05, 0.1) is 11.7 Å². The number of piperidine rings is 2. The summed E-state index contributed by atoms with van der Waals surface area (Å²) in [6.07, 6.45) is 14.8. The van der Waals surface area contributed by atoms with Crippen molar-refractivity contribution >= 4 is 15.9 Å². The Kier molecular flexibility index (Phi) is 8.42. The molecule has 1 amide bonds. The van der Waals surface area contributed by atoms with Crippen molar-refractivity contribution < 1.29 is 13.2 Å². The Morgan fingerprint density at radius 2 is 1.43 bits per heavy atom. The molecular weight excluding hydrogens is 460 g/mol. The van der Waals surface area contributed by atoms with Crippen LogP contribution >= 0.6 is 0 Å². The van der Waals surface area contributed by atoms with Crippen LogP contribution in [0.15, 0.2) is 0 Å². The van der Waals surface area contributed by atoms with E-state index in [1.165, 1.54) is 32.1 Å². The summed E-state index contributed by atoms with van der Waals surface area (Å²) in [4.78, 5) is 15.8. The highest BCUT2D eigenvalue weighted by Gasteiger charge is 2.48. The molecule has 1 N–H and O–H groups in total. The first-order valence-corrected chi connectivity index (χ1v) is 16.3. The van der Waals surface area contributed by atoms with Crippen molar-refractivity contribution in [1.82, 2.24) is 19.6 Å². The molecular formula is C27H48N4O3S. The average Bonchev–Trinajstić information content (AvgIpc) is 3.01. The number of hydrogen-bond acceptors (Lipinski definition) is 5. The van der Waals surface area contributed by atoms with Gasteiger partial charge in [0.15, 0.2) is 0 Å². The zero-order valence-electron chi connectivity index (χ0n) is 21.9. The molecule has 4 unspecified atom stereocenters. The number of hydrazine groups is 1. The lowest BCUT2D eigenvalue weighted by Gasteiger charge is -2.42. The smallest absolute Gasteiger partial charge is 0.228 e. The predicted octanol–water partition coefficient (Wildman–Crippen LogP) is 3.61. The van der Waals surface area contributed by atoms with E-state index in [-0.39, 0.29) is 18.0 Å². The van der Waals surface area contributed by atoms with Gasteiger partial charge in [0.25, 0.3) is 0 Å². The molecule has 7 nitrogen and oxygen atoms in total. The average molecular weight is 509 g/mol. The number of nitrogens with one attached hydrogen (secondary N) is 1. The number of carbonyl (C=O) groups is 1. The molecule has 1 saturated carbocycles. The van der Waals surface area contributed by atoms with E-state index in [2.05, 4.69) is 22.3 Å². The minimum absolute atomic E-state index is 0.0480. The van der Waals surface area contributed by atoms with Crippen molar-refractivity contribution in [2.45, 2.75) is 102 Å². The Balaban J connectivity index is 1.16. The van der Waals surface area contributed by atoms with Gasteiger partial charge in [0, 0.05) is 44.8 Å². The molecule has 1 aliphatic carbocycles. The fourth-order valence-electron chi connectivity index (χ4n) is 7.89. The van der Waals surface area contributed by atoms with Crippen molar-refractivity contribution in [2.24, 2.45) is 23.7 Å². The van der Waals surface area contributed by atoms with E-state index in [1.807, 2.05) is 0 Å². The molecule has 0 aromatic heterocycles. The van der Waals surface area contributed by atoms with E-state index in [0.29, 0.717) is 42.5 Å². The van der Waals surface area contributed by atoms with E-state index >= 15 is 0 Å². The number of amides is 1. The Morgan fingerprint density at radius 1 is 0.800 bits per heavy atom. The molecule has 4 aliphatic heterocycles. The van der Waals surface area contributed by atoms with E-state index < -0.39 is 10.0 Å². The minimum atomic E-state index is -3.13. The van der Waals surface area contributed by atoms with Crippen LogP contribution in [0.1, 0.15) is 90.4 Å². The van der Waals surface area contributed by atoms with Crippen LogP contribution in [0.3, 0.4) is 0 Å². The molecule has 4 atom stereocenters. The zero-order valence-corrected chi connectivity index (χ0v) is 22.7. The van der Waals surface area contributed by atoms with E-state index in [0.717, 1.165) is 71.0 Å². The van der Waals surface area contributed by atoms with Crippen molar-refractivity contribution in [1.29, 1.82) is 0 Å². The largest absolute Gasteiger partial charge is 0.342 e. The maximum Gasteiger partial charge on any atom is 0.228 e. The lowest BCUT2D eigenvalue weighted by Crippen LogP contribution is -2.50. The van der Waals surface area contributed by atoms with Crippen LogP contribution in [0.25, 0.3) is 0 Å². The van der Waals surface area contributed by atoms with E-state index in [9.17, 15) is 13.2 Å². The van der Waals surface area contributed by atoms with Crippen LogP contribution in [0, 0.1) is 23.7 Å². The van der Waals surface area contributed by atoms with Gasteiger partial charge in [0.2, 0.25) is 15.9 Å². The topological polar surface area (TPSA) is 73.0 Å². The highest BCUT2D eigenvalue weighted by atomic mass is 32.2. The first-order chi connectivity index (χ1) is 16.9. The van der Waals surface area contributed by atoms with Gasteiger partial charge in [-0.1, -0.05) is 32.1 Å². The molecule has 0 bridgehead atoms. The molecule has 5 aliphatic rings. The molecule has 4 saturated heterocycles. The Morgan fingerprint density at radius 3 is 2.11 bits per heavy atom. The number of hydrogen-bond donors (Lipinski definition) is 1. The summed E-state index contributed by atoms with van der Waals surface area (Å²) in [6, 6.07) is 0.480. The van der Waals surface area contributed by atoms with Crippen LogP contribution in [-0.2, 0) is 14.8 Å². The summed E-state index contributed by atoms with van der Waals surface area (Å²) in [6.45, 7) is 6.41. The van der Waals surface area contributed by atoms with Gasteiger partial charge in [-0.15, -0.1) is 0 Å². The maximum absolute atomic E-state index is 13.6. The molecule has 0 radical (unpaired) electrons. The third-order valence-electron chi connectivity index (χ3n) is 9.94. The second-order valence-corrected chi connectivity index (χ2v) is 14.3. The van der Waals surface area contributed by atoms with Gasteiger partial charge in [-0.05, 0) is 76.0 Å². The summed E-state index contributed by atoms with van der Waals surface area (Å²) in [7, 11) is -3.13. The van der Waals surface area contributed by atoms with Gasteiger partial charge in [-0.3, -0.25) is 10.2 Å². The predicted molar refractivity (Wildman–Crippen MR) is 139 cm³/mol. The Hall–Kier alpha value is -0.700. The molecule has 8 heteroatoms. The number of carbonyl (C=O) groups excluding carboxylic acids is 1. The van der Waals surface area contributed by atoms with Crippen molar-refractivity contribution in [2.75, 3.05) is 38.5 Å². The monoisotopic (exact) mass is 508 g/mol. The first-order valence-electron chi connectivity index (χ1n) is 14.7. The SMILES string of the molecule is CC1NN2CCC(C3CCN(S(=O)(=O)CC4CCCCC4)CC3)CC2C1C(=O)N1CCCCCC1. The molecule has 4 heterocycles. The minimum Gasteiger partial charge on any atom is -0.342 e. The molecule has 35 heavy (non-hydrogen) atoms. The zero-order chi connectivity index (χ0) is 24.4. The third kappa shape index (κ3) is 5.91. The van der Waals surface area contributed by atoms with Crippen LogP contribution in [0.2, 0.25) is 0 Å². The number of nitrogens with zero attached hydrogens (tertiary/aromatic N) is 3. The highest BCUT2D eigenvalue weighted by Crippen LogP contribution is 2.40. The van der Waals surface area contributed by atoms with Crippen molar-refractivity contribution in [3.63, 3.8) is 0 Å². The first kappa shape index (κ1) is 25.9. The van der Waals surface area contributed by atoms with Gasteiger partial charge in [0.1, 0.15) is 0 Å². The summed E-state index contributed by atoms with van der Waals surface area (Å²) in [5, 5.41) is 2.37. The van der Waals surface area contributed by atoms with Gasteiger partial charge in [-0.2, -0.15) is 0 Å². The number of fused-ring (bicyclic) bond motifs is 1. The molecule has 0 aromatic rings. The van der Waals surface area contributed by atoms with Crippen molar-refractivity contribution in [3.05, 3.63) is 0 Å². The Bertz CT molecular complexity index is 814. The van der Waals surface area contributed by atoms with Crippen LogP contribution in [0.5, 0.6) is 0 Å². The molecule has 5 rings (SSSR count). The number of likely N-dealkylation sites (tertiary alicyclic amines) is 1. The fraction of sp³-hybridized carbons (Fsp3) is 0.963. The maximum atomic E-state index is 13.6. The lowest BCUT2D eigenvalue weighted by molar-refractivity contribution is -0.137. The highest BCUT2D eigenvalue weighted by molar-refractivity contribution is 7.89.